The highest BCUT2D eigenvalue weighted by molar-refractivity contribution is 7.87. The predicted molar refractivity (Wildman–Crippen MR) is 205 cm³/mol. The number of benzene rings is 1. The number of nitrogens with zero attached hydrogens (tertiary/aromatic N) is 3. The molecule has 5 rings (SSSR count). The van der Waals surface area contributed by atoms with Crippen LogP contribution >= 0.6 is 11.3 Å². The molecule has 300 valence electrons. The minimum atomic E-state index is -4.10. The first-order valence-electron chi connectivity index (χ1n) is 19.0. The quantitative estimate of drug-likeness (QED) is 0.113. The van der Waals surface area contributed by atoms with Crippen LogP contribution in [0, 0.1) is 5.92 Å². The van der Waals surface area contributed by atoms with Gasteiger partial charge in [-0.1, -0.05) is 62.4 Å². The summed E-state index contributed by atoms with van der Waals surface area (Å²) in [6, 6.07) is 5.77. The van der Waals surface area contributed by atoms with Gasteiger partial charge < -0.3 is 36.3 Å². The summed E-state index contributed by atoms with van der Waals surface area (Å²) >= 11 is 1.19. The van der Waals surface area contributed by atoms with Gasteiger partial charge in [0, 0.05) is 51.1 Å². The Kier molecular flexibility index (Phi) is 16.4. The maximum Gasteiger partial charge on any atom is 0.280 e. The van der Waals surface area contributed by atoms with Gasteiger partial charge in [0.15, 0.2) is 5.13 Å². The number of morpholine rings is 2. The molecule has 3 heterocycles. The fraction of sp³-hybridized carbons (Fsp3) is 0.667. The highest BCUT2D eigenvalue weighted by atomic mass is 32.2. The van der Waals surface area contributed by atoms with Crippen molar-refractivity contribution in [2.75, 3.05) is 71.4 Å². The van der Waals surface area contributed by atoms with E-state index in [0.29, 0.717) is 43.5 Å². The van der Waals surface area contributed by atoms with Gasteiger partial charge in [0.2, 0.25) is 17.7 Å². The molecule has 0 unspecified atom stereocenters. The number of anilines is 1. The molecule has 2 saturated heterocycles. The van der Waals surface area contributed by atoms with Gasteiger partial charge in [-0.15, -0.1) is 11.3 Å². The Morgan fingerprint density at radius 1 is 0.926 bits per heavy atom. The normalized spacial score (nSPS) is 20.0. The third-order valence-electron chi connectivity index (χ3n) is 10.2. The van der Waals surface area contributed by atoms with Gasteiger partial charge in [0.25, 0.3) is 10.2 Å². The van der Waals surface area contributed by atoms with Crippen LogP contribution in [-0.2, 0) is 46.9 Å². The van der Waals surface area contributed by atoms with Crippen molar-refractivity contribution in [3.05, 3.63) is 47.0 Å². The van der Waals surface area contributed by atoms with Crippen molar-refractivity contribution < 1.29 is 37.4 Å². The largest absolute Gasteiger partial charge is 0.390 e. The van der Waals surface area contributed by atoms with Crippen LogP contribution in [0.15, 0.2) is 35.7 Å². The van der Waals surface area contributed by atoms with Crippen LogP contribution in [0.4, 0.5) is 5.13 Å². The van der Waals surface area contributed by atoms with Crippen molar-refractivity contribution in [3.8, 4) is 0 Å². The third-order valence-corrected chi connectivity index (χ3v) is 12.5. The van der Waals surface area contributed by atoms with Crippen LogP contribution in [0.3, 0.4) is 0 Å². The number of nitrogens with one attached hydrogen (secondary N) is 4. The molecule has 1 aromatic carbocycles. The maximum absolute atomic E-state index is 14.2. The molecule has 0 radical (unpaired) electrons. The minimum Gasteiger partial charge on any atom is -0.390 e. The minimum absolute atomic E-state index is 0.0257. The number of carbonyl (C=O) groups is 3. The van der Waals surface area contributed by atoms with Crippen molar-refractivity contribution in [3.63, 3.8) is 0 Å². The first-order chi connectivity index (χ1) is 26.1. The molecule has 2 aromatic rings. The van der Waals surface area contributed by atoms with Crippen molar-refractivity contribution >= 4 is 44.4 Å². The van der Waals surface area contributed by atoms with E-state index >= 15 is 0 Å². The number of carbonyl (C=O) groups excluding carboxylic acids is 3. The molecule has 3 aliphatic rings. The molecular weight excluding hydrogens is 737 g/mol. The SMILES string of the molecule is Nc1nc(C[C@H](NC(=O)[C@H](Cc2ccccc2)NS(=O)(=O)N2CCOCC2)C(=O)N[C@@H](CC2CCCCC2)[C@@H](O)CC(=O)NCCN2CCOCC2)cs1. The third kappa shape index (κ3) is 13.5. The molecule has 16 nitrogen and oxygen atoms in total. The van der Waals surface area contributed by atoms with Crippen LogP contribution in [0.1, 0.15) is 56.2 Å². The molecule has 0 bridgehead atoms. The number of rotatable bonds is 19. The van der Waals surface area contributed by atoms with Crippen molar-refractivity contribution in [1.82, 2.24) is 34.9 Å². The van der Waals surface area contributed by atoms with E-state index in [9.17, 15) is 27.9 Å². The summed E-state index contributed by atoms with van der Waals surface area (Å²) < 4.78 is 41.4. The molecule has 3 fully saturated rings. The summed E-state index contributed by atoms with van der Waals surface area (Å²) in [4.78, 5) is 47.8. The Balaban J connectivity index is 1.31. The number of aliphatic hydroxyl groups is 1. The monoisotopic (exact) mass is 792 g/mol. The van der Waals surface area contributed by atoms with Crippen molar-refractivity contribution in [2.45, 2.75) is 82.0 Å². The van der Waals surface area contributed by atoms with Crippen LogP contribution in [-0.4, -0.2) is 135 Å². The second-order valence-electron chi connectivity index (χ2n) is 14.2. The number of aliphatic hydroxyl groups excluding tert-OH is 1. The summed E-state index contributed by atoms with van der Waals surface area (Å²) in [7, 11) is -4.10. The fourth-order valence-electron chi connectivity index (χ4n) is 7.15. The van der Waals surface area contributed by atoms with E-state index in [-0.39, 0.29) is 57.4 Å². The molecule has 7 N–H and O–H groups in total. The summed E-state index contributed by atoms with van der Waals surface area (Å²) in [5.74, 6) is -1.36. The summed E-state index contributed by atoms with van der Waals surface area (Å²) in [6.07, 6.45) is 4.21. The zero-order valence-corrected chi connectivity index (χ0v) is 32.5. The molecule has 18 heteroatoms. The van der Waals surface area contributed by atoms with Crippen molar-refractivity contribution in [2.24, 2.45) is 5.92 Å². The smallest absolute Gasteiger partial charge is 0.280 e. The second kappa shape index (κ2) is 21.2. The number of hydrogen-bond acceptors (Lipinski definition) is 12. The van der Waals surface area contributed by atoms with E-state index in [1.165, 1.54) is 15.6 Å². The van der Waals surface area contributed by atoms with Crippen molar-refractivity contribution in [1.29, 1.82) is 0 Å². The Hall–Kier alpha value is -3.23. The summed E-state index contributed by atoms with van der Waals surface area (Å²) in [5, 5.41) is 22.1. The van der Waals surface area contributed by atoms with Gasteiger partial charge in [0.05, 0.1) is 50.7 Å². The first-order valence-corrected chi connectivity index (χ1v) is 21.3. The zero-order valence-electron chi connectivity index (χ0n) is 30.8. The molecule has 3 amide bonds. The van der Waals surface area contributed by atoms with E-state index in [1.807, 2.05) is 6.07 Å². The average molecular weight is 793 g/mol. The maximum atomic E-state index is 14.2. The second-order valence-corrected chi connectivity index (χ2v) is 16.8. The standard InChI is InChI=1S/C36H56N8O8S2/c37-36-39-28(25-53-36)23-30(41-35(48)31(22-27-9-5-2-6-10-27)42-54(49,50)44-15-19-52-20-16-44)34(47)40-29(21-26-7-3-1-4-8-26)32(45)24-33(46)38-11-12-43-13-17-51-18-14-43/h2,5-6,9-10,25-26,29-32,42,45H,1,3-4,7-8,11-24H2,(H2,37,39)(H,38,46)(H,40,47)(H,41,48)/t29-,30-,31-,32-/m0/s1. The summed E-state index contributed by atoms with van der Waals surface area (Å²) in [5.41, 5.74) is 7.09. The summed E-state index contributed by atoms with van der Waals surface area (Å²) in [6.45, 7) is 4.76. The number of nitrogen functional groups attached to an aromatic ring is 1. The molecule has 4 atom stereocenters. The van der Waals surface area contributed by atoms with E-state index in [0.717, 1.165) is 50.8 Å². The highest BCUT2D eigenvalue weighted by Gasteiger charge is 2.35. The lowest BCUT2D eigenvalue weighted by Crippen LogP contribution is -2.59. The van der Waals surface area contributed by atoms with E-state index in [4.69, 9.17) is 15.2 Å². The molecule has 2 aliphatic heterocycles. The molecule has 1 aromatic heterocycles. The van der Waals surface area contributed by atoms with E-state index in [1.54, 1.807) is 29.6 Å². The van der Waals surface area contributed by atoms with E-state index in [2.05, 4.69) is 30.6 Å². The lowest BCUT2D eigenvalue weighted by Gasteiger charge is -2.32. The number of aromatic nitrogens is 1. The van der Waals surface area contributed by atoms with Gasteiger partial charge in [0.1, 0.15) is 12.1 Å². The van der Waals surface area contributed by atoms with Crippen LogP contribution in [0.5, 0.6) is 0 Å². The molecular formula is C36H56N8O8S2. The Bertz CT molecular complexity index is 1580. The Labute approximate surface area is 322 Å². The first kappa shape index (κ1) is 41.9. The Morgan fingerprint density at radius 2 is 1.59 bits per heavy atom. The number of thiazole rings is 1. The van der Waals surface area contributed by atoms with E-state index < -0.39 is 46.3 Å². The lowest BCUT2D eigenvalue weighted by molar-refractivity contribution is -0.131. The fourth-order valence-corrected chi connectivity index (χ4v) is 9.05. The van der Waals surface area contributed by atoms with Gasteiger partial charge in [-0.2, -0.15) is 17.4 Å². The topological polar surface area (TPSA) is 218 Å². The zero-order chi connectivity index (χ0) is 38.3. The average Bonchev–Trinajstić information content (AvgIpc) is 3.59. The van der Waals surface area contributed by atoms with Gasteiger partial charge in [-0.25, -0.2) is 4.98 Å². The van der Waals surface area contributed by atoms with Crippen LogP contribution in [0.2, 0.25) is 0 Å². The van der Waals surface area contributed by atoms with Gasteiger partial charge >= 0.3 is 0 Å². The number of hydrogen-bond donors (Lipinski definition) is 6. The molecule has 1 saturated carbocycles. The molecule has 54 heavy (non-hydrogen) atoms. The highest BCUT2D eigenvalue weighted by Crippen LogP contribution is 2.28. The predicted octanol–water partition coefficient (Wildman–Crippen LogP) is 0.185. The number of ether oxygens (including phenoxy) is 2. The number of amides is 3. The van der Waals surface area contributed by atoms with Gasteiger partial charge in [-0.05, 0) is 24.3 Å². The molecule has 0 spiro atoms. The van der Waals surface area contributed by atoms with Gasteiger partial charge in [-0.3, -0.25) is 19.3 Å². The van der Waals surface area contributed by atoms with Crippen LogP contribution in [0.25, 0.3) is 0 Å². The lowest BCUT2D eigenvalue weighted by atomic mass is 9.83. The molecule has 1 aliphatic carbocycles. The Morgan fingerprint density at radius 3 is 2.26 bits per heavy atom. The van der Waals surface area contributed by atoms with Crippen LogP contribution < -0.4 is 26.4 Å². The number of nitrogens with two attached hydrogens (primary N) is 1.